The van der Waals surface area contributed by atoms with E-state index in [1.54, 1.807) is 4.90 Å². The highest BCUT2D eigenvalue weighted by Gasteiger charge is 2.34. The standard InChI is InChI=1S/C13H15F4NO2.CH2O2/c1-20-12-7-18(6-11(12)19)5-8-2-3-9(10(14)4-8)13(15,16)17;2-1-3/h2-4,11-12,19H,5-7H2,1H3;1H,(H,2,3)/t11-,12-;/m0./s1. The van der Waals surface area contributed by atoms with Crippen LogP contribution in [-0.2, 0) is 22.3 Å². The molecule has 2 N–H and O–H groups in total. The molecule has 0 aromatic heterocycles. The van der Waals surface area contributed by atoms with Gasteiger partial charge in [-0.2, -0.15) is 13.2 Å². The van der Waals surface area contributed by atoms with E-state index < -0.39 is 23.7 Å². The highest BCUT2D eigenvalue weighted by Crippen LogP contribution is 2.31. The van der Waals surface area contributed by atoms with Gasteiger partial charge in [-0.15, -0.1) is 0 Å². The van der Waals surface area contributed by atoms with Crippen LogP contribution in [0.2, 0.25) is 0 Å². The van der Waals surface area contributed by atoms with Gasteiger partial charge in [0, 0.05) is 26.7 Å². The lowest BCUT2D eigenvalue weighted by Gasteiger charge is -2.16. The molecule has 0 saturated carbocycles. The number of carbonyl (C=O) groups is 1. The first kappa shape index (κ1) is 19.3. The molecule has 0 unspecified atom stereocenters. The van der Waals surface area contributed by atoms with Crippen LogP contribution in [0.5, 0.6) is 0 Å². The fraction of sp³-hybridized carbons (Fsp3) is 0.500. The zero-order valence-electron chi connectivity index (χ0n) is 12.3. The monoisotopic (exact) mass is 339 g/mol. The number of aliphatic hydroxyl groups is 1. The number of aliphatic hydroxyl groups excluding tert-OH is 1. The molecule has 1 saturated heterocycles. The number of ether oxygens (including phenoxy) is 1. The molecule has 5 nitrogen and oxygen atoms in total. The lowest BCUT2D eigenvalue weighted by atomic mass is 10.1. The van der Waals surface area contributed by atoms with Crippen molar-refractivity contribution in [3.05, 3.63) is 35.1 Å². The van der Waals surface area contributed by atoms with Crippen LogP contribution in [0.4, 0.5) is 17.6 Å². The van der Waals surface area contributed by atoms with E-state index in [1.807, 2.05) is 0 Å². The van der Waals surface area contributed by atoms with Gasteiger partial charge in [0.05, 0.1) is 17.8 Å². The topological polar surface area (TPSA) is 70.0 Å². The van der Waals surface area contributed by atoms with Gasteiger partial charge < -0.3 is 14.9 Å². The summed E-state index contributed by atoms with van der Waals surface area (Å²) in [6.07, 6.45) is -5.65. The fourth-order valence-corrected chi connectivity index (χ4v) is 2.34. The van der Waals surface area contributed by atoms with E-state index in [4.69, 9.17) is 14.6 Å². The summed E-state index contributed by atoms with van der Waals surface area (Å²) in [5.41, 5.74) is -0.836. The SMILES string of the molecule is CO[C@H]1CN(Cc2ccc(C(F)(F)F)c(F)c2)C[C@@H]1O.O=CO. The molecule has 2 atom stereocenters. The molecule has 1 fully saturated rings. The Balaban J connectivity index is 0.000000816. The highest BCUT2D eigenvalue weighted by atomic mass is 19.4. The number of β-amino-alcohol motifs (C(OH)–C–C–N with tert-alkyl or cyclic N) is 1. The molecular weight excluding hydrogens is 322 g/mol. The summed E-state index contributed by atoms with van der Waals surface area (Å²) >= 11 is 0. The van der Waals surface area contributed by atoms with Crippen molar-refractivity contribution in [2.24, 2.45) is 0 Å². The van der Waals surface area contributed by atoms with Crippen molar-refractivity contribution in [1.29, 1.82) is 0 Å². The van der Waals surface area contributed by atoms with Crippen LogP contribution < -0.4 is 0 Å². The maximum Gasteiger partial charge on any atom is 0.419 e. The van der Waals surface area contributed by atoms with E-state index in [0.717, 1.165) is 12.1 Å². The van der Waals surface area contributed by atoms with Crippen molar-refractivity contribution < 1.29 is 37.3 Å². The predicted molar refractivity (Wildman–Crippen MR) is 72.2 cm³/mol. The number of alkyl halides is 3. The van der Waals surface area contributed by atoms with Crippen LogP contribution in [0.1, 0.15) is 11.1 Å². The van der Waals surface area contributed by atoms with Gasteiger partial charge in [-0.1, -0.05) is 6.07 Å². The maximum atomic E-state index is 13.4. The Morgan fingerprint density at radius 1 is 1.39 bits per heavy atom. The molecule has 2 rings (SSSR count). The Morgan fingerprint density at radius 3 is 2.43 bits per heavy atom. The summed E-state index contributed by atoms with van der Waals surface area (Å²) in [5.74, 6) is -1.28. The molecule has 0 bridgehead atoms. The zero-order chi connectivity index (χ0) is 17.6. The zero-order valence-corrected chi connectivity index (χ0v) is 12.3. The van der Waals surface area contributed by atoms with Gasteiger partial charge in [0.1, 0.15) is 5.82 Å². The second-order valence-corrected chi connectivity index (χ2v) is 4.95. The van der Waals surface area contributed by atoms with E-state index in [-0.39, 0.29) is 19.1 Å². The van der Waals surface area contributed by atoms with Crippen LogP contribution in [0.15, 0.2) is 18.2 Å². The lowest BCUT2D eigenvalue weighted by molar-refractivity contribution is -0.140. The molecule has 1 aromatic rings. The molecule has 0 radical (unpaired) electrons. The minimum absolute atomic E-state index is 0.250. The predicted octanol–water partition coefficient (Wildman–Crippen LogP) is 1.74. The molecule has 1 aromatic carbocycles. The molecule has 1 aliphatic heterocycles. The molecular formula is C14H17F4NO4. The Morgan fingerprint density at radius 2 is 2.00 bits per heavy atom. The van der Waals surface area contributed by atoms with E-state index >= 15 is 0 Å². The third-order valence-electron chi connectivity index (χ3n) is 3.36. The number of halogens is 4. The van der Waals surface area contributed by atoms with Gasteiger partial charge in [0.2, 0.25) is 0 Å². The molecule has 0 amide bonds. The first-order valence-electron chi connectivity index (χ1n) is 6.59. The van der Waals surface area contributed by atoms with E-state index in [1.165, 1.54) is 13.2 Å². The number of methoxy groups -OCH3 is 1. The summed E-state index contributed by atoms with van der Waals surface area (Å²) in [4.78, 5) is 10.2. The number of likely N-dealkylation sites (tertiary alicyclic amines) is 1. The van der Waals surface area contributed by atoms with Gasteiger partial charge in [-0.25, -0.2) is 4.39 Å². The summed E-state index contributed by atoms with van der Waals surface area (Å²) in [6, 6.07) is 2.87. The van der Waals surface area contributed by atoms with E-state index in [0.29, 0.717) is 18.7 Å². The number of nitrogens with zero attached hydrogens (tertiary/aromatic N) is 1. The van der Waals surface area contributed by atoms with Gasteiger partial charge in [0.15, 0.2) is 0 Å². The second kappa shape index (κ2) is 8.23. The van der Waals surface area contributed by atoms with Crippen molar-refractivity contribution in [3.63, 3.8) is 0 Å². The number of carboxylic acid groups (broad SMARTS) is 1. The number of rotatable bonds is 3. The van der Waals surface area contributed by atoms with Crippen molar-refractivity contribution in [2.75, 3.05) is 20.2 Å². The minimum atomic E-state index is -4.69. The van der Waals surface area contributed by atoms with Crippen molar-refractivity contribution >= 4 is 6.47 Å². The fourth-order valence-electron chi connectivity index (χ4n) is 2.34. The van der Waals surface area contributed by atoms with Gasteiger partial charge >= 0.3 is 6.18 Å². The van der Waals surface area contributed by atoms with Crippen molar-refractivity contribution in [3.8, 4) is 0 Å². The normalized spacial score (nSPS) is 21.7. The summed E-state index contributed by atoms with van der Waals surface area (Å²) in [7, 11) is 1.48. The molecule has 23 heavy (non-hydrogen) atoms. The first-order chi connectivity index (χ1) is 10.7. The van der Waals surface area contributed by atoms with Crippen molar-refractivity contribution in [2.45, 2.75) is 24.9 Å². The molecule has 0 aliphatic carbocycles. The second-order valence-electron chi connectivity index (χ2n) is 4.95. The molecule has 1 aliphatic rings. The molecule has 9 heteroatoms. The molecule has 1 heterocycles. The van der Waals surface area contributed by atoms with E-state index in [9.17, 15) is 22.7 Å². The minimum Gasteiger partial charge on any atom is -0.483 e. The summed E-state index contributed by atoms with van der Waals surface area (Å²) < 4.78 is 55.8. The Bertz CT molecular complexity index is 524. The Hall–Kier alpha value is -1.71. The average molecular weight is 339 g/mol. The van der Waals surface area contributed by atoms with Crippen LogP contribution in [0.25, 0.3) is 0 Å². The lowest BCUT2D eigenvalue weighted by Crippen LogP contribution is -2.25. The largest absolute Gasteiger partial charge is 0.483 e. The smallest absolute Gasteiger partial charge is 0.419 e. The van der Waals surface area contributed by atoms with Crippen LogP contribution in [0.3, 0.4) is 0 Å². The number of hydrogen-bond donors (Lipinski definition) is 2. The van der Waals surface area contributed by atoms with Crippen LogP contribution in [-0.4, -0.2) is 54.0 Å². The Kier molecular flexibility index (Phi) is 6.92. The third-order valence-corrected chi connectivity index (χ3v) is 3.36. The quantitative estimate of drug-likeness (QED) is 0.648. The molecule has 130 valence electrons. The Labute approximate surface area is 130 Å². The highest BCUT2D eigenvalue weighted by molar-refractivity contribution is 5.32. The van der Waals surface area contributed by atoms with E-state index in [2.05, 4.69) is 0 Å². The van der Waals surface area contributed by atoms with Gasteiger partial charge in [-0.05, 0) is 17.7 Å². The number of benzene rings is 1. The van der Waals surface area contributed by atoms with Crippen LogP contribution in [0, 0.1) is 5.82 Å². The summed E-state index contributed by atoms with van der Waals surface area (Å²) in [5, 5.41) is 16.5. The van der Waals surface area contributed by atoms with Gasteiger partial charge in [0.25, 0.3) is 6.47 Å². The third kappa shape index (κ3) is 5.45. The first-order valence-corrected chi connectivity index (χ1v) is 6.59. The van der Waals surface area contributed by atoms with Crippen LogP contribution >= 0.6 is 0 Å². The van der Waals surface area contributed by atoms with Gasteiger partial charge in [-0.3, -0.25) is 9.69 Å². The maximum absolute atomic E-state index is 13.4. The summed E-state index contributed by atoms with van der Waals surface area (Å²) in [6.45, 7) is 0.827. The molecule has 0 spiro atoms. The number of hydrogen-bond acceptors (Lipinski definition) is 4. The van der Waals surface area contributed by atoms with Crippen molar-refractivity contribution in [1.82, 2.24) is 4.90 Å². The average Bonchev–Trinajstić information content (AvgIpc) is 2.78.